The van der Waals surface area contributed by atoms with Gasteiger partial charge >= 0.3 is 0 Å². The molecule has 136 valence electrons. The molecule has 0 amide bonds. The maximum atomic E-state index is 5.73. The molecule has 0 saturated carbocycles. The predicted molar refractivity (Wildman–Crippen MR) is 109 cm³/mol. The third-order valence-electron chi connectivity index (χ3n) is 4.42. The first-order chi connectivity index (χ1) is 11.3. The summed E-state index contributed by atoms with van der Waals surface area (Å²) < 4.78 is 11.2. The Morgan fingerprint density at radius 3 is 2.54 bits per heavy atom. The van der Waals surface area contributed by atoms with Crippen molar-refractivity contribution in [1.29, 1.82) is 0 Å². The van der Waals surface area contributed by atoms with E-state index < -0.39 is 0 Å². The monoisotopic (exact) mass is 447 g/mol. The van der Waals surface area contributed by atoms with Crippen LogP contribution in [0.5, 0.6) is 0 Å². The topological polar surface area (TPSA) is 54.9 Å². The predicted octanol–water partition coefficient (Wildman–Crippen LogP) is 2.60. The Bertz CT molecular complexity index is 476. The van der Waals surface area contributed by atoms with E-state index in [1.165, 1.54) is 5.56 Å². The van der Waals surface area contributed by atoms with Crippen LogP contribution in [0.2, 0.25) is 0 Å². The van der Waals surface area contributed by atoms with Crippen LogP contribution in [0.4, 0.5) is 0 Å². The summed E-state index contributed by atoms with van der Waals surface area (Å²) >= 11 is 0. The summed E-state index contributed by atoms with van der Waals surface area (Å²) in [6.07, 6.45) is 3.99. The second-order valence-corrected chi connectivity index (χ2v) is 5.94. The summed E-state index contributed by atoms with van der Waals surface area (Å²) in [6.45, 7) is 3.18. The highest BCUT2D eigenvalue weighted by molar-refractivity contribution is 14.0. The fourth-order valence-electron chi connectivity index (χ4n) is 2.81. The summed E-state index contributed by atoms with van der Waals surface area (Å²) in [6, 6.07) is 10.6. The molecule has 0 atom stereocenters. The van der Waals surface area contributed by atoms with Gasteiger partial charge in [0, 0.05) is 53.3 Å². The van der Waals surface area contributed by atoms with E-state index in [2.05, 4.69) is 46.0 Å². The van der Waals surface area contributed by atoms with Crippen molar-refractivity contribution in [2.24, 2.45) is 4.99 Å². The number of nitrogens with one attached hydrogen (secondary N) is 2. The van der Waals surface area contributed by atoms with Crippen LogP contribution in [-0.2, 0) is 15.9 Å². The minimum absolute atomic E-state index is 0. The van der Waals surface area contributed by atoms with Crippen molar-refractivity contribution in [3.05, 3.63) is 35.9 Å². The van der Waals surface area contributed by atoms with E-state index in [0.29, 0.717) is 0 Å². The third-order valence-corrected chi connectivity index (χ3v) is 4.42. The van der Waals surface area contributed by atoms with Gasteiger partial charge < -0.3 is 20.1 Å². The number of halogens is 1. The number of guanidine groups is 1. The zero-order valence-corrected chi connectivity index (χ0v) is 17.0. The number of hydrogen-bond donors (Lipinski definition) is 2. The second-order valence-electron chi connectivity index (χ2n) is 5.94. The van der Waals surface area contributed by atoms with Gasteiger partial charge in [-0.2, -0.15) is 0 Å². The normalized spacial score (nSPS) is 17.0. The average Bonchev–Trinajstić information content (AvgIpc) is 2.63. The molecule has 0 unspecified atom stereocenters. The third kappa shape index (κ3) is 6.94. The van der Waals surface area contributed by atoms with E-state index in [4.69, 9.17) is 9.47 Å². The van der Waals surface area contributed by atoms with Gasteiger partial charge in [-0.1, -0.05) is 30.3 Å². The minimum Gasteiger partial charge on any atom is -0.381 e. The zero-order chi connectivity index (χ0) is 16.4. The Kier molecular flexibility index (Phi) is 10.3. The van der Waals surface area contributed by atoms with Crippen molar-refractivity contribution in [3.63, 3.8) is 0 Å². The lowest BCUT2D eigenvalue weighted by Gasteiger charge is -2.36. The Balaban J connectivity index is 0.00000288. The van der Waals surface area contributed by atoms with Crippen molar-refractivity contribution < 1.29 is 9.47 Å². The molecule has 0 radical (unpaired) electrons. The van der Waals surface area contributed by atoms with Crippen LogP contribution in [0.15, 0.2) is 35.3 Å². The first kappa shape index (κ1) is 21.2. The molecule has 5 nitrogen and oxygen atoms in total. The lowest BCUT2D eigenvalue weighted by atomic mass is 9.94. The molecule has 1 aliphatic rings. The molecule has 6 heteroatoms. The summed E-state index contributed by atoms with van der Waals surface area (Å²) in [5.74, 6) is 0.834. The maximum absolute atomic E-state index is 5.73. The highest BCUT2D eigenvalue weighted by Gasteiger charge is 2.32. The van der Waals surface area contributed by atoms with Gasteiger partial charge in [-0.25, -0.2) is 0 Å². The van der Waals surface area contributed by atoms with Crippen LogP contribution in [-0.4, -0.2) is 52.0 Å². The zero-order valence-electron chi connectivity index (χ0n) is 14.7. The SMILES string of the molecule is CN=C(NCCCc1ccccc1)NCC1(OC)CCOCC1.I. The van der Waals surface area contributed by atoms with Crippen LogP contribution in [0.3, 0.4) is 0 Å². The van der Waals surface area contributed by atoms with E-state index in [-0.39, 0.29) is 29.6 Å². The van der Waals surface area contributed by atoms with E-state index in [9.17, 15) is 0 Å². The molecule has 1 saturated heterocycles. The molecule has 1 heterocycles. The number of methoxy groups -OCH3 is 1. The number of ether oxygens (including phenoxy) is 2. The Hall–Kier alpha value is -0.860. The summed E-state index contributed by atoms with van der Waals surface area (Å²) in [5, 5.41) is 6.76. The quantitative estimate of drug-likeness (QED) is 0.292. The van der Waals surface area contributed by atoms with Crippen molar-refractivity contribution in [2.45, 2.75) is 31.3 Å². The molecule has 0 aromatic heterocycles. The lowest BCUT2D eigenvalue weighted by molar-refractivity contribution is -0.0855. The van der Waals surface area contributed by atoms with Crippen LogP contribution in [0, 0.1) is 0 Å². The number of hydrogen-bond acceptors (Lipinski definition) is 3. The fourth-order valence-corrected chi connectivity index (χ4v) is 2.81. The molecule has 0 aliphatic carbocycles. The maximum Gasteiger partial charge on any atom is 0.191 e. The molecule has 1 aromatic carbocycles. The molecular formula is C18H30IN3O2. The van der Waals surface area contributed by atoms with Crippen LogP contribution >= 0.6 is 24.0 Å². The number of benzene rings is 1. The highest BCUT2D eigenvalue weighted by atomic mass is 127. The number of nitrogens with zero attached hydrogens (tertiary/aromatic N) is 1. The highest BCUT2D eigenvalue weighted by Crippen LogP contribution is 2.23. The number of aliphatic imine (C=N–C) groups is 1. The first-order valence-corrected chi connectivity index (χ1v) is 8.39. The molecule has 2 N–H and O–H groups in total. The fraction of sp³-hybridized carbons (Fsp3) is 0.611. The van der Waals surface area contributed by atoms with Gasteiger partial charge in [-0.15, -0.1) is 24.0 Å². The molecule has 24 heavy (non-hydrogen) atoms. The van der Waals surface area contributed by atoms with Gasteiger partial charge in [0.05, 0.1) is 5.60 Å². The van der Waals surface area contributed by atoms with Gasteiger partial charge in [-0.05, 0) is 18.4 Å². The van der Waals surface area contributed by atoms with Crippen LogP contribution in [0.25, 0.3) is 0 Å². The van der Waals surface area contributed by atoms with Gasteiger partial charge in [-0.3, -0.25) is 4.99 Å². The largest absolute Gasteiger partial charge is 0.381 e. The molecule has 2 rings (SSSR count). The van der Waals surface area contributed by atoms with Gasteiger partial charge in [0.2, 0.25) is 0 Å². The minimum atomic E-state index is -0.139. The number of aryl methyl sites for hydroxylation is 1. The van der Waals surface area contributed by atoms with Crippen molar-refractivity contribution in [1.82, 2.24) is 10.6 Å². The van der Waals surface area contributed by atoms with E-state index in [1.54, 1.807) is 14.2 Å². The summed E-state index contributed by atoms with van der Waals surface area (Å²) in [4.78, 5) is 4.29. The Morgan fingerprint density at radius 1 is 1.21 bits per heavy atom. The smallest absolute Gasteiger partial charge is 0.191 e. The van der Waals surface area contributed by atoms with Gasteiger partial charge in [0.15, 0.2) is 5.96 Å². The lowest BCUT2D eigenvalue weighted by Crippen LogP contribution is -2.50. The van der Waals surface area contributed by atoms with Crippen LogP contribution in [0.1, 0.15) is 24.8 Å². The van der Waals surface area contributed by atoms with E-state index in [1.807, 2.05) is 0 Å². The molecule has 0 bridgehead atoms. The van der Waals surface area contributed by atoms with Gasteiger partial charge in [0.1, 0.15) is 0 Å². The molecule has 1 aliphatic heterocycles. The van der Waals surface area contributed by atoms with Crippen LogP contribution < -0.4 is 10.6 Å². The Labute approximate surface area is 162 Å². The molecule has 0 spiro atoms. The molecule has 1 aromatic rings. The van der Waals surface area contributed by atoms with E-state index in [0.717, 1.165) is 57.9 Å². The molecule has 1 fully saturated rings. The second kappa shape index (κ2) is 11.7. The standard InChI is InChI=1S/C18H29N3O2.HI/c1-19-17(20-12-6-9-16-7-4-3-5-8-16)21-15-18(22-2)10-13-23-14-11-18;/h3-5,7-8H,6,9-15H2,1-2H3,(H2,19,20,21);1H. The summed E-state index contributed by atoms with van der Waals surface area (Å²) in [7, 11) is 3.58. The van der Waals surface area contributed by atoms with E-state index >= 15 is 0 Å². The van der Waals surface area contributed by atoms with Gasteiger partial charge in [0.25, 0.3) is 0 Å². The average molecular weight is 447 g/mol. The first-order valence-electron chi connectivity index (χ1n) is 8.39. The van der Waals surface area contributed by atoms with Crippen molar-refractivity contribution in [2.75, 3.05) is 40.5 Å². The number of rotatable bonds is 7. The summed E-state index contributed by atoms with van der Waals surface area (Å²) in [5.41, 5.74) is 1.23. The molecular weight excluding hydrogens is 417 g/mol. The van der Waals surface area contributed by atoms with Crippen molar-refractivity contribution in [3.8, 4) is 0 Å². The Morgan fingerprint density at radius 2 is 1.92 bits per heavy atom. The van der Waals surface area contributed by atoms with Crippen molar-refractivity contribution >= 4 is 29.9 Å².